The smallest absolute Gasteiger partial charge is 0.266 e. The lowest BCUT2D eigenvalue weighted by atomic mass is 10.1. The minimum absolute atomic E-state index is 0.219. The molecule has 0 aromatic heterocycles. The Kier molecular flexibility index (Phi) is 4.45. The van der Waals surface area contributed by atoms with Crippen LogP contribution in [0, 0.1) is 6.92 Å². The summed E-state index contributed by atoms with van der Waals surface area (Å²) < 4.78 is 0. The largest absolute Gasteiger partial charge is 0.322 e. The Balaban J connectivity index is 1.72. The Labute approximate surface area is 166 Å². The first-order valence-electron chi connectivity index (χ1n) is 8.62. The molecule has 0 fully saturated rings. The summed E-state index contributed by atoms with van der Waals surface area (Å²) in [5, 5.41) is 3.34. The van der Waals surface area contributed by atoms with Crippen LogP contribution in [0.25, 0.3) is 0 Å². The van der Waals surface area contributed by atoms with Gasteiger partial charge in [-0.25, -0.2) is 4.90 Å². The molecule has 0 radical (unpaired) electrons. The zero-order chi connectivity index (χ0) is 19.8. The number of carbonyl (C=O) groups excluding carboxylic acids is 3. The highest BCUT2D eigenvalue weighted by molar-refractivity contribution is 6.35. The van der Waals surface area contributed by atoms with Gasteiger partial charge in [-0.15, -0.1) is 0 Å². The summed E-state index contributed by atoms with van der Waals surface area (Å²) in [4.78, 5) is 39.6. The van der Waals surface area contributed by atoms with E-state index in [-0.39, 0.29) is 11.3 Å². The fourth-order valence-electron chi connectivity index (χ4n) is 3.20. The van der Waals surface area contributed by atoms with E-state index in [0.717, 1.165) is 10.5 Å². The number of hydrogen-bond donors (Lipinski definition) is 1. The van der Waals surface area contributed by atoms with Crippen molar-refractivity contribution in [3.05, 3.63) is 94.0 Å². The SMILES string of the molecule is Cc1c(Cl)cccc1NC(=O)c1ccccc1N1C(=O)c2ccccc2C1=O. The lowest BCUT2D eigenvalue weighted by Crippen LogP contribution is -2.31. The van der Waals surface area contributed by atoms with Gasteiger partial charge in [0.2, 0.25) is 0 Å². The third kappa shape index (κ3) is 2.86. The summed E-state index contributed by atoms with van der Waals surface area (Å²) in [6, 6.07) is 18.4. The molecule has 1 heterocycles. The molecule has 0 spiro atoms. The molecule has 4 rings (SSSR count). The number of anilines is 2. The van der Waals surface area contributed by atoms with Gasteiger partial charge in [0.05, 0.1) is 22.4 Å². The summed E-state index contributed by atoms with van der Waals surface area (Å²) in [5.74, 6) is -1.32. The van der Waals surface area contributed by atoms with E-state index in [1.165, 1.54) is 0 Å². The number of halogens is 1. The van der Waals surface area contributed by atoms with Crippen LogP contribution in [0.2, 0.25) is 5.02 Å². The first kappa shape index (κ1) is 17.9. The summed E-state index contributed by atoms with van der Waals surface area (Å²) >= 11 is 6.12. The molecule has 1 aliphatic heterocycles. The van der Waals surface area contributed by atoms with E-state index in [9.17, 15) is 14.4 Å². The predicted octanol–water partition coefficient (Wildman–Crippen LogP) is 4.70. The van der Waals surface area contributed by atoms with Crippen LogP contribution in [0.1, 0.15) is 36.6 Å². The fraction of sp³-hybridized carbons (Fsp3) is 0.0455. The standard InChI is InChI=1S/C22H15ClN2O3/c1-13-17(23)10-6-11-18(13)24-20(26)16-9-4-5-12-19(16)25-21(27)14-7-2-3-8-15(14)22(25)28/h2-12H,1H3,(H,24,26). The second kappa shape index (κ2) is 6.94. The molecule has 5 nitrogen and oxygen atoms in total. The van der Waals surface area contributed by atoms with Crippen LogP contribution in [0.3, 0.4) is 0 Å². The monoisotopic (exact) mass is 390 g/mol. The molecule has 1 aliphatic rings. The van der Waals surface area contributed by atoms with Crippen LogP contribution in [-0.4, -0.2) is 17.7 Å². The second-order valence-electron chi connectivity index (χ2n) is 6.37. The van der Waals surface area contributed by atoms with Crippen molar-refractivity contribution in [1.82, 2.24) is 0 Å². The second-order valence-corrected chi connectivity index (χ2v) is 6.78. The van der Waals surface area contributed by atoms with E-state index in [0.29, 0.717) is 21.8 Å². The average Bonchev–Trinajstić information content (AvgIpc) is 2.96. The molecule has 0 bridgehead atoms. The Morgan fingerprint density at radius 2 is 1.46 bits per heavy atom. The first-order valence-corrected chi connectivity index (χ1v) is 9.00. The molecule has 0 saturated heterocycles. The number of carbonyl (C=O) groups is 3. The van der Waals surface area contributed by atoms with Gasteiger partial charge in [-0.1, -0.05) is 41.9 Å². The van der Waals surface area contributed by atoms with E-state index >= 15 is 0 Å². The van der Waals surface area contributed by atoms with Gasteiger partial charge >= 0.3 is 0 Å². The van der Waals surface area contributed by atoms with Crippen LogP contribution in [0.4, 0.5) is 11.4 Å². The fourth-order valence-corrected chi connectivity index (χ4v) is 3.38. The molecule has 3 aromatic carbocycles. The molecule has 1 N–H and O–H groups in total. The zero-order valence-corrected chi connectivity index (χ0v) is 15.7. The number of rotatable bonds is 3. The molecule has 3 amide bonds. The van der Waals surface area contributed by atoms with Gasteiger partial charge in [0.15, 0.2) is 0 Å². The highest BCUT2D eigenvalue weighted by Crippen LogP contribution is 2.31. The van der Waals surface area contributed by atoms with Crippen LogP contribution in [0.15, 0.2) is 66.7 Å². The van der Waals surface area contributed by atoms with E-state index in [1.807, 2.05) is 0 Å². The Bertz CT molecular complexity index is 1110. The van der Waals surface area contributed by atoms with Gasteiger partial charge in [0, 0.05) is 10.7 Å². The van der Waals surface area contributed by atoms with Gasteiger partial charge < -0.3 is 5.32 Å². The van der Waals surface area contributed by atoms with Gasteiger partial charge in [0.1, 0.15) is 0 Å². The third-order valence-corrected chi connectivity index (χ3v) is 5.11. The number of imide groups is 1. The minimum Gasteiger partial charge on any atom is -0.322 e. The van der Waals surface area contributed by atoms with Gasteiger partial charge in [0.25, 0.3) is 17.7 Å². The quantitative estimate of drug-likeness (QED) is 0.659. The van der Waals surface area contributed by atoms with Crippen molar-refractivity contribution < 1.29 is 14.4 Å². The van der Waals surface area contributed by atoms with Crippen molar-refractivity contribution in [2.75, 3.05) is 10.2 Å². The zero-order valence-electron chi connectivity index (χ0n) is 14.9. The number of amides is 3. The Morgan fingerprint density at radius 1 is 0.857 bits per heavy atom. The number of para-hydroxylation sites is 1. The molecule has 0 aliphatic carbocycles. The number of benzene rings is 3. The predicted molar refractivity (Wildman–Crippen MR) is 108 cm³/mol. The summed E-state index contributed by atoms with van der Waals surface area (Å²) in [5.41, 5.74) is 2.41. The molecular weight excluding hydrogens is 376 g/mol. The lowest BCUT2D eigenvalue weighted by molar-refractivity contribution is 0.0926. The number of fused-ring (bicyclic) bond motifs is 1. The molecule has 28 heavy (non-hydrogen) atoms. The van der Waals surface area contributed by atoms with Gasteiger partial charge in [-0.2, -0.15) is 0 Å². The van der Waals surface area contributed by atoms with E-state index in [1.54, 1.807) is 73.7 Å². The van der Waals surface area contributed by atoms with Crippen molar-refractivity contribution >= 4 is 40.7 Å². The van der Waals surface area contributed by atoms with Crippen LogP contribution in [-0.2, 0) is 0 Å². The third-order valence-electron chi connectivity index (χ3n) is 4.70. The van der Waals surface area contributed by atoms with Crippen LogP contribution >= 0.6 is 11.6 Å². The number of hydrogen-bond acceptors (Lipinski definition) is 3. The van der Waals surface area contributed by atoms with E-state index in [2.05, 4.69) is 5.32 Å². The number of nitrogens with zero attached hydrogens (tertiary/aromatic N) is 1. The highest BCUT2D eigenvalue weighted by atomic mass is 35.5. The normalized spacial score (nSPS) is 12.9. The van der Waals surface area contributed by atoms with E-state index in [4.69, 9.17) is 11.6 Å². The van der Waals surface area contributed by atoms with Crippen LogP contribution in [0.5, 0.6) is 0 Å². The van der Waals surface area contributed by atoms with Gasteiger partial charge in [-0.3, -0.25) is 14.4 Å². The summed E-state index contributed by atoms with van der Waals surface area (Å²) in [6.07, 6.45) is 0. The highest BCUT2D eigenvalue weighted by Gasteiger charge is 2.37. The molecule has 0 unspecified atom stereocenters. The lowest BCUT2D eigenvalue weighted by Gasteiger charge is -2.18. The van der Waals surface area contributed by atoms with Crippen molar-refractivity contribution in [3.8, 4) is 0 Å². The van der Waals surface area contributed by atoms with Crippen LogP contribution < -0.4 is 10.2 Å². The maximum Gasteiger partial charge on any atom is 0.266 e. The molecule has 6 heteroatoms. The Hall–Kier alpha value is -3.44. The minimum atomic E-state index is -0.445. The molecule has 138 valence electrons. The average molecular weight is 391 g/mol. The van der Waals surface area contributed by atoms with Crippen molar-refractivity contribution in [2.45, 2.75) is 6.92 Å². The molecule has 3 aromatic rings. The molecule has 0 atom stereocenters. The Morgan fingerprint density at radius 3 is 2.14 bits per heavy atom. The maximum absolute atomic E-state index is 12.9. The molecular formula is C22H15ClN2O3. The van der Waals surface area contributed by atoms with E-state index < -0.39 is 17.7 Å². The number of nitrogens with one attached hydrogen (secondary N) is 1. The maximum atomic E-state index is 12.9. The van der Waals surface area contributed by atoms with Gasteiger partial charge in [-0.05, 0) is 48.9 Å². The van der Waals surface area contributed by atoms with Crippen molar-refractivity contribution in [3.63, 3.8) is 0 Å². The first-order chi connectivity index (χ1) is 13.5. The topological polar surface area (TPSA) is 66.5 Å². The molecule has 0 saturated carbocycles. The summed E-state index contributed by atoms with van der Waals surface area (Å²) in [6.45, 7) is 1.80. The van der Waals surface area contributed by atoms with Crippen molar-refractivity contribution in [2.24, 2.45) is 0 Å². The van der Waals surface area contributed by atoms with Crippen molar-refractivity contribution in [1.29, 1.82) is 0 Å². The summed E-state index contributed by atoms with van der Waals surface area (Å²) in [7, 11) is 0.